The fourth-order valence-corrected chi connectivity index (χ4v) is 9.60. The first-order chi connectivity index (χ1) is 17.7. The Morgan fingerprint density at radius 3 is 1.92 bits per heavy atom. The standard InChI is InChI=1S/C31H40O5Si/c1-30(2,3)37(26-12-8-6-9-13-26,27-14-10-7-11-15-27)36-21-20-28(29(32)31(4)23-35-31)34-22-24-16-18-25(33-5)19-17-24/h6-19,28-29,32H,20-23H2,1-5H3/t28-,29-,31+/m0/s1. The van der Waals surface area contributed by atoms with Crippen molar-refractivity contribution < 1.29 is 23.7 Å². The molecular formula is C31H40O5Si. The molecule has 1 heterocycles. The van der Waals surface area contributed by atoms with Gasteiger partial charge in [-0.3, -0.25) is 0 Å². The topological polar surface area (TPSA) is 60.5 Å². The van der Waals surface area contributed by atoms with Gasteiger partial charge >= 0.3 is 0 Å². The van der Waals surface area contributed by atoms with Crippen LogP contribution in [-0.2, 0) is 20.5 Å². The summed E-state index contributed by atoms with van der Waals surface area (Å²) < 4.78 is 24.2. The van der Waals surface area contributed by atoms with E-state index in [1.54, 1.807) is 7.11 Å². The van der Waals surface area contributed by atoms with Crippen LogP contribution in [0.25, 0.3) is 0 Å². The number of methoxy groups -OCH3 is 1. The van der Waals surface area contributed by atoms with Crippen molar-refractivity contribution in [3.8, 4) is 5.75 Å². The van der Waals surface area contributed by atoms with Crippen LogP contribution in [0.15, 0.2) is 84.9 Å². The summed E-state index contributed by atoms with van der Waals surface area (Å²) in [4.78, 5) is 0. The molecule has 0 bridgehead atoms. The monoisotopic (exact) mass is 520 g/mol. The zero-order valence-corrected chi connectivity index (χ0v) is 23.6. The van der Waals surface area contributed by atoms with Gasteiger partial charge in [-0.2, -0.15) is 0 Å². The third-order valence-electron chi connectivity index (χ3n) is 7.34. The van der Waals surface area contributed by atoms with Gasteiger partial charge in [-0.25, -0.2) is 0 Å². The van der Waals surface area contributed by atoms with Crippen LogP contribution < -0.4 is 15.1 Å². The number of aliphatic hydroxyl groups is 1. The van der Waals surface area contributed by atoms with Crippen LogP contribution in [-0.4, -0.2) is 51.6 Å². The molecule has 1 saturated heterocycles. The maximum absolute atomic E-state index is 11.2. The number of ether oxygens (including phenoxy) is 3. The van der Waals surface area contributed by atoms with E-state index in [-0.39, 0.29) is 5.04 Å². The summed E-state index contributed by atoms with van der Waals surface area (Å²) in [6, 6.07) is 29.0. The third kappa shape index (κ3) is 6.16. The van der Waals surface area contributed by atoms with Crippen molar-refractivity contribution in [3.05, 3.63) is 90.5 Å². The van der Waals surface area contributed by atoms with Gasteiger partial charge in [-0.05, 0) is 46.5 Å². The normalized spacial score (nSPS) is 19.3. The number of hydrogen-bond donors (Lipinski definition) is 1. The molecule has 0 spiro atoms. The molecule has 0 radical (unpaired) electrons. The lowest BCUT2D eigenvalue weighted by Crippen LogP contribution is -2.66. The van der Waals surface area contributed by atoms with Crippen molar-refractivity contribution in [2.24, 2.45) is 0 Å². The van der Waals surface area contributed by atoms with E-state index in [9.17, 15) is 5.11 Å². The van der Waals surface area contributed by atoms with Gasteiger partial charge in [0.15, 0.2) is 0 Å². The molecule has 6 heteroatoms. The van der Waals surface area contributed by atoms with E-state index < -0.39 is 26.1 Å². The summed E-state index contributed by atoms with van der Waals surface area (Å²) in [5.41, 5.74) is 0.454. The number of rotatable bonds is 12. The summed E-state index contributed by atoms with van der Waals surface area (Å²) >= 11 is 0. The molecule has 37 heavy (non-hydrogen) atoms. The maximum Gasteiger partial charge on any atom is 0.261 e. The molecule has 4 rings (SSSR count). The van der Waals surface area contributed by atoms with Crippen LogP contribution in [0.1, 0.15) is 39.7 Å². The van der Waals surface area contributed by atoms with Crippen molar-refractivity contribution in [3.63, 3.8) is 0 Å². The second-order valence-electron chi connectivity index (χ2n) is 11.0. The van der Waals surface area contributed by atoms with E-state index in [1.807, 2.05) is 43.3 Å². The van der Waals surface area contributed by atoms with Gasteiger partial charge in [0.25, 0.3) is 8.32 Å². The van der Waals surface area contributed by atoms with E-state index >= 15 is 0 Å². The lowest BCUT2D eigenvalue weighted by atomic mass is 9.98. The second kappa shape index (κ2) is 11.5. The molecule has 198 valence electrons. The molecule has 3 aromatic carbocycles. The Labute approximate surface area is 222 Å². The molecule has 5 nitrogen and oxygen atoms in total. The fourth-order valence-electron chi connectivity index (χ4n) is 5.02. The van der Waals surface area contributed by atoms with E-state index in [2.05, 4.69) is 69.3 Å². The SMILES string of the molecule is COc1ccc(CO[C@@H](CCO[Si](c2ccccc2)(c2ccccc2)C(C)(C)C)[C@H](O)[C@@]2(C)CO2)cc1. The highest BCUT2D eigenvalue weighted by atomic mass is 28.4. The van der Waals surface area contributed by atoms with Crippen LogP contribution in [0, 0.1) is 0 Å². The van der Waals surface area contributed by atoms with E-state index in [0.29, 0.717) is 26.2 Å². The fraction of sp³-hybridized carbons (Fsp3) is 0.419. The minimum atomic E-state index is -2.66. The summed E-state index contributed by atoms with van der Waals surface area (Å²) in [7, 11) is -1.01. The minimum absolute atomic E-state index is 0.112. The first-order valence-electron chi connectivity index (χ1n) is 13.0. The summed E-state index contributed by atoms with van der Waals surface area (Å²) in [6.07, 6.45) is -0.609. The quantitative estimate of drug-likeness (QED) is 0.277. The lowest BCUT2D eigenvalue weighted by molar-refractivity contribution is -0.0810. The molecular weight excluding hydrogens is 480 g/mol. The first-order valence-corrected chi connectivity index (χ1v) is 14.9. The van der Waals surface area contributed by atoms with Gasteiger partial charge in [-0.15, -0.1) is 0 Å². The van der Waals surface area contributed by atoms with Gasteiger partial charge in [0, 0.05) is 6.61 Å². The Kier molecular flexibility index (Phi) is 8.56. The zero-order chi connectivity index (χ0) is 26.5. The Hall–Kier alpha value is -2.48. The van der Waals surface area contributed by atoms with Crippen molar-refractivity contribution in [1.29, 1.82) is 0 Å². The predicted molar refractivity (Wildman–Crippen MR) is 150 cm³/mol. The predicted octanol–water partition coefficient (Wildman–Crippen LogP) is 4.70. The number of benzene rings is 3. The highest BCUT2D eigenvalue weighted by Gasteiger charge is 2.52. The van der Waals surface area contributed by atoms with E-state index in [4.69, 9.17) is 18.6 Å². The molecule has 0 aromatic heterocycles. The van der Waals surface area contributed by atoms with Crippen LogP contribution in [0.5, 0.6) is 5.75 Å². The van der Waals surface area contributed by atoms with Crippen molar-refractivity contribution in [2.75, 3.05) is 20.3 Å². The molecule has 0 aliphatic carbocycles. The van der Waals surface area contributed by atoms with E-state index in [0.717, 1.165) is 11.3 Å². The Morgan fingerprint density at radius 1 is 0.919 bits per heavy atom. The van der Waals surface area contributed by atoms with Crippen molar-refractivity contribution >= 4 is 18.7 Å². The van der Waals surface area contributed by atoms with Crippen LogP contribution in [0.4, 0.5) is 0 Å². The molecule has 3 aromatic rings. The van der Waals surface area contributed by atoms with Gasteiger partial charge in [-0.1, -0.05) is 93.6 Å². The Morgan fingerprint density at radius 2 is 1.46 bits per heavy atom. The highest BCUT2D eigenvalue weighted by molar-refractivity contribution is 6.99. The second-order valence-corrected chi connectivity index (χ2v) is 15.3. The van der Waals surface area contributed by atoms with Gasteiger partial charge in [0.2, 0.25) is 0 Å². The van der Waals surface area contributed by atoms with Crippen LogP contribution in [0.2, 0.25) is 5.04 Å². The zero-order valence-electron chi connectivity index (χ0n) is 22.6. The van der Waals surface area contributed by atoms with Crippen LogP contribution >= 0.6 is 0 Å². The summed E-state index contributed by atoms with van der Waals surface area (Å²) in [5.74, 6) is 0.804. The third-order valence-corrected chi connectivity index (χ3v) is 12.4. The molecule has 0 unspecified atom stereocenters. The molecule has 0 saturated carbocycles. The molecule has 1 fully saturated rings. The maximum atomic E-state index is 11.2. The first kappa shape index (κ1) is 27.5. The van der Waals surface area contributed by atoms with E-state index in [1.165, 1.54) is 10.4 Å². The van der Waals surface area contributed by atoms with Gasteiger partial charge in [0.1, 0.15) is 17.5 Å². The smallest absolute Gasteiger partial charge is 0.261 e. The van der Waals surface area contributed by atoms with Gasteiger partial charge < -0.3 is 23.7 Å². The molecule has 1 aliphatic rings. The largest absolute Gasteiger partial charge is 0.497 e. The average molecular weight is 521 g/mol. The van der Waals surface area contributed by atoms with Crippen molar-refractivity contribution in [1.82, 2.24) is 0 Å². The minimum Gasteiger partial charge on any atom is -0.497 e. The Bertz CT molecular complexity index is 1070. The molecule has 1 aliphatic heterocycles. The average Bonchev–Trinajstić information content (AvgIpc) is 3.67. The molecule has 3 atom stereocenters. The Balaban J connectivity index is 1.56. The molecule has 1 N–H and O–H groups in total. The lowest BCUT2D eigenvalue weighted by Gasteiger charge is -2.43. The number of epoxide rings is 1. The van der Waals surface area contributed by atoms with Crippen LogP contribution in [0.3, 0.4) is 0 Å². The van der Waals surface area contributed by atoms with Gasteiger partial charge in [0.05, 0.1) is 26.4 Å². The van der Waals surface area contributed by atoms with Crippen molar-refractivity contribution in [2.45, 2.75) is 63.6 Å². The molecule has 0 amide bonds. The summed E-state index contributed by atoms with van der Waals surface area (Å²) in [6.45, 7) is 10.1. The summed E-state index contributed by atoms with van der Waals surface area (Å²) in [5, 5.41) is 13.5. The number of hydrogen-bond acceptors (Lipinski definition) is 5. The number of aliphatic hydroxyl groups excluding tert-OH is 1. The highest BCUT2D eigenvalue weighted by Crippen LogP contribution is 2.38.